The fraction of sp³-hybridized carbons (Fsp3) is 0.545. The summed E-state index contributed by atoms with van der Waals surface area (Å²) in [7, 11) is -0.409. The molecule has 1 aliphatic rings. The van der Waals surface area contributed by atoms with Crippen molar-refractivity contribution in [2.45, 2.75) is 122 Å². The number of carbonyl (C=O) groups excluding carboxylic acids is 2. The van der Waals surface area contributed by atoms with E-state index in [0.29, 0.717) is 32.5 Å². The SMILES string of the molecule is CN(CC(CCOC(c1ccccc1)(c1ccccc1)c1ccccc1)[C@@H]1C[C@@H](O[Si](C)(C)C(C)(C)C)CN1C(=O)OC(C)(C)C)C(=O)OC(C)(C)C. The number of rotatable bonds is 12. The van der Waals surface area contributed by atoms with Crippen LogP contribution in [0.3, 0.4) is 0 Å². The van der Waals surface area contributed by atoms with Gasteiger partial charge >= 0.3 is 12.2 Å². The minimum absolute atomic E-state index is 0.00164. The van der Waals surface area contributed by atoms with Crippen LogP contribution in [0.25, 0.3) is 0 Å². The third kappa shape index (κ3) is 11.0. The van der Waals surface area contributed by atoms with Crippen molar-refractivity contribution in [2.24, 2.45) is 5.92 Å². The van der Waals surface area contributed by atoms with Gasteiger partial charge in [0.25, 0.3) is 0 Å². The summed E-state index contributed by atoms with van der Waals surface area (Å²) in [5.41, 5.74) is 0.812. The molecule has 53 heavy (non-hydrogen) atoms. The molecule has 3 aromatic rings. The first kappa shape index (κ1) is 42.1. The molecule has 8 nitrogen and oxygen atoms in total. The second-order valence-corrected chi connectivity index (χ2v) is 22.7. The highest BCUT2D eigenvalue weighted by Gasteiger charge is 2.47. The summed E-state index contributed by atoms with van der Waals surface area (Å²) >= 11 is 0. The second kappa shape index (κ2) is 16.8. The Morgan fingerprint density at radius 1 is 0.755 bits per heavy atom. The quantitative estimate of drug-likeness (QED) is 0.136. The van der Waals surface area contributed by atoms with Crippen molar-refractivity contribution in [2.75, 3.05) is 26.7 Å². The lowest BCUT2D eigenvalue weighted by atomic mass is 9.80. The van der Waals surface area contributed by atoms with Gasteiger partial charge in [-0.1, -0.05) is 112 Å². The molecule has 290 valence electrons. The number of hydrogen-bond acceptors (Lipinski definition) is 6. The molecule has 0 bridgehead atoms. The van der Waals surface area contributed by atoms with Gasteiger partial charge in [-0.05, 0) is 95.1 Å². The van der Waals surface area contributed by atoms with Crippen LogP contribution in [0.15, 0.2) is 91.0 Å². The second-order valence-electron chi connectivity index (χ2n) is 18.0. The lowest BCUT2D eigenvalue weighted by Crippen LogP contribution is -2.47. The summed E-state index contributed by atoms with van der Waals surface area (Å²) in [5, 5.41) is 0.00164. The van der Waals surface area contributed by atoms with Crippen LogP contribution >= 0.6 is 0 Å². The van der Waals surface area contributed by atoms with Gasteiger partial charge in [0.15, 0.2) is 8.32 Å². The third-order valence-corrected chi connectivity index (χ3v) is 14.8. The van der Waals surface area contributed by atoms with Gasteiger partial charge in [0.2, 0.25) is 0 Å². The van der Waals surface area contributed by atoms with Gasteiger partial charge in [0, 0.05) is 32.8 Å². The Labute approximate surface area is 320 Å². The molecule has 0 radical (unpaired) electrons. The van der Waals surface area contributed by atoms with Crippen molar-refractivity contribution >= 4 is 20.5 Å². The van der Waals surface area contributed by atoms with Gasteiger partial charge in [0.1, 0.15) is 16.8 Å². The van der Waals surface area contributed by atoms with Crippen LogP contribution < -0.4 is 0 Å². The van der Waals surface area contributed by atoms with Gasteiger partial charge in [-0.2, -0.15) is 0 Å². The molecule has 2 amide bonds. The minimum Gasteiger partial charge on any atom is -0.444 e. The summed E-state index contributed by atoms with van der Waals surface area (Å²) in [6, 6.07) is 30.7. The molecule has 9 heteroatoms. The highest BCUT2D eigenvalue weighted by atomic mass is 28.4. The van der Waals surface area contributed by atoms with E-state index in [-0.39, 0.29) is 29.2 Å². The molecule has 0 aromatic heterocycles. The van der Waals surface area contributed by atoms with E-state index < -0.39 is 31.2 Å². The summed E-state index contributed by atoms with van der Waals surface area (Å²) < 4.78 is 26.0. The highest BCUT2D eigenvalue weighted by molar-refractivity contribution is 6.74. The van der Waals surface area contributed by atoms with Crippen LogP contribution in [-0.4, -0.2) is 80.4 Å². The molecule has 0 N–H and O–H groups in total. The van der Waals surface area contributed by atoms with Crippen molar-refractivity contribution in [1.82, 2.24) is 9.80 Å². The van der Waals surface area contributed by atoms with Crippen molar-refractivity contribution in [3.05, 3.63) is 108 Å². The van der Waals surface area contributed by atoms with Gasteiger partial charge in [-0.25, -0.2) is 9.59 Å². The zero-order valence-electron chi connectivity index (χ0n) is 34.3. The number of carbonyl (C=O) groups is 2. The molecular formula is C44H64N2O6Si. The summed E-state index contributed by atoms with van der Waals surface area (Å²) in [4.78, 5) is 30.9. The Balaban J connectivity index is 1.75. The fourth-order valence-corrected chi connectivity index (χ4v) is 8.14. The standard InChI is InChI=1S/C44H64N2O6Si/c1-41(2,3)50-39(47)45(10)31-33(38-30-37(52-53(11,12)43(7,8)9)32-46(38)40(48)51-42(4,5)6)28-29-49-44(34-22-16-13-17-23-34,35-24-18-14-19-25-35)36-26-20-15-21-27-36/h13-27,33,37-38H,28-32H2,1-12H3/t33?,37-,38+/m1/s1. The van der Waals surface area contributed by atoms with Crippen LogP contribution in [0.5, 0.6) is 0 Å². The number of amides is 2. The smallest absolute Gasteiger partial charge is 0.410 e. The number of nitrogens with zero attached hydrogens (tertiary/aromatic N) is 2. The minimum atomic E-state index is -2.17. The Morgan fingerprint density at radius 2 is 1.21 bits per heavy atom. The maximum absolute atomic E-state index is 14.0. The van der Waals surface area contributed by atoms with Crippen LogP contribution in [0, 0.1) is 5.92 Å². The van der Waals surface area contributed by atoms with E-state index in [1.165, 1.54) is 0 Å². The monoisotopic (exact) mass is 744 g/mol. The first-order valence-corrected chi connectivity index (χ1v) is 22.0. The molecule has 0 saturated carbocycles. The molecule has 1 saturated heterocycles. The number of ether oxygens (including phenoxy) is 3. The molecule has 3 atom stereocenters. The van der Waals surface area contributed by atoms with Gasteiger partial charge in [0.05, 0.1) is 6.10 Å². The highest BCUT2D eigenvalue weighted by Crippen LogP contribution is 2.42. The summed E-state index contributed by atoms with van der Waals surface area (Å²) in [6.07, 6.45) is 0.229. The van der Waals surface area contributed by atoms with Crippen LogP contribution in [0.4, 0.5) is 9.59 Å². The fourth-order valence-electron chi connectivity index (χ4n) is 6.79. The zero-order chi connectivity index (χ0) is 39.2. The number of benzene rings is 3. The number of hydrogen-bond donors (Lipinski definition) is 0. The van der Waals surface area contributed by atoms with E-state index in [4.69, 9.17) is 18.6 Å². The summed E-state index contributed by atoms with van der Waals surface area (Å²) in [6.45, 7) is 23.5. The van der Waals surface area contributed by atoms with Crippen molar-refractivity contribution < 1.29 is 28.2 Å². The average Bonchev–Trinajstić information content (AvgIpc) is 3.48. The molecule has 0 spiro atoms. The van der Waals surface area contributed by atoms with E-state index in [2.05, 4.69) is 70.3 Å². The van der Waals surface area contributed by atoms with Crippen LogP contribution in [-0.2, 0) is 24.2 Å². The van der Waals surface area contributed by atoms with E-state index in [9.17, 15) is 9.59 Å². The molecular weight excluding hydrogens is 681 g/mol. The van der Waals surface area contributed by atoms with E-state index in [0.717, 1.165) is 16.7 Å². The van der Waals surface area contributed by atoms with Crippen LogP contribution in [0.1, 0.15) is 91.8 Å². The van der Waals surface area contributed by atoms with Gasteiger partial charge < -0.3 is 28.4 Å². The van der Waals surface area contributed by atoms with Crippen molar-refractivity contribution in [1.29, 1.82) is 0 Å². The largest absolute Gasteiger partial charge is 0.444 e. The Bertz CT molecular complexity index is 1520. The Kier molecular flexibility index (Phi) is 13.3. The third-order valence-electron chi connectivity index (χ3n) is 10.3. The molecule has 0 aliphatic carbocycles. The molecule has 1 unspecified atom stereocenters. The first-order valence-electron chi connectivity index (χ1n) is 19.0. The van der Waals surface area contributed by atoms with E-state index >= 15 is 0 Å². The topological polar surface area (TPSA) is 77.5 Å². The Morgan fingerprint density at radius 3 is 1.62 bits per heavy atom. The molecule has 1 aliphatic heterocycles. The zero-order valence-corrected chi connectivity index (χ0v) is 35.3. The lowest BCUT2D eigenvalue weighted by Gasteiger charge is -2.38. The van der Waals surface area contributed by atoms with Crippen molar-refractivity contribution in [3.8, 4) is 0 Å². The average molecular weight is 745 g/mol. The van der Waals surface area contributed by atoms with Gasteiger partial charge in [-0.15, -0.1) is 0 Å². The predicted octanol–water partition coefficient (Wildman–Crippen LogP) is 10.3. The maximum Gasteiger partial charge on any atom is 0.410 e. The molecule has 1 fully saturated rings. The Hall–Kier alpha value is -3.66. The predicted molar refractivity (Wildman–Crippen MR) is 216 cm³/mol. The molecule has 3 aromatic carbocycles. The van der Waals surface area contributed by atoms with Crippen molar-refractivity contribution in [3.63, 3.8) is 0 Å². The summed E-state index contributed by atoms with van der Waals surface area (Å²) in [5.74, 6) is -0.187. The first-order chi connectivity index (χ1) is 24.6. The lowest BCUT2D eigenvalue weighted by molar-refractivity contribution is -0.0109. The maximum atomic E-state index is 14.0. The molecule has 1 heterocycles. The number of likely N-dealkylation sites (tertiary alicyclic amines) is 1. The van der Waals surface area contributed by atoms with Crippen LogP contribution in [0.2, 0.25) is 18.1 Å². The van der Waals surface area contributed by atoms with Gasteiger partial charge in [-0.3, -0.25) is 0 Å². The van der Waals surface area contributed by atoms with E-state index in [1.807, 2.05) is 101 Å². The normalized spacial score (nSPS) is 17.7. The molecule has 4 rings (SSSR count). The van der Waals surface area contributed by atoms with E-state index in [1.54, 1.807) is 11.9 Å².